The third-order valence-electron chi connectivity index (χ3n) is 4.17. The van der Waals surface area contributed by atoms with E-state index in [4.69, 9.17) is 28.5 Å². The molecule has 0 fully saturated rings. The lowest BCUT2D eigenvalue weighted by Gasteiger charge is -2.26. The molecule has 2 N–H and O–H groups in total. The van der Waals surface area contributed by atoms with E-state index in [1.165, 1.54) is 0 Å². The number of carbonyl (C=O) groups excluding carboxylic acids is 2. The van der Waals surface area contributed by atoms with Gasteiger partial charge in [-0.05, 0) is 43.8 Å². The van der Waals surface area contributed by atoms with E-state index < -0.39 is 6.04 Å². The predicted octanol–water partition coefficient (Wildman–Crippen LogP) is 4.15. The Morgan fingerprint density at radius 2 is 1.79 bits per heavy atom. The van der Waals surface area contributed by atoms with Crippen LogP contribution in [-0.2, 0) is 9.59 Å². The van der Waals surface area contributed by atoms with Gasteiger partial charge in [0.25, 0.3) is 0 Å². The highest BCUT2D eigenvalue weighted by atomic mass is 35.5. The van der Waals surface area contributed by atoms with Crippen LogP contribution in [0.1, 0.15) is 19.4 Å². The van der Waals surface area contributed by atoms with Gasteiger partial charge in [-0.1, -0.05) is 42.3 Å². The number of carbonyl (C=O) groups is 2. The molecule has 0 radical (unpaired) electrons. The van der Waals surface area contributed by atoms with Crippen LogP contribution in [0.25, 0.3) is 0 Å². The van der Waals surface area contributed by atoms with Gasteiger partial charge < -0.3 is 10.6 Å². The molecular weight excluding hydrogens is 399 g/mol. The van der Waals surface area contributed by atoms with E-state index in [-0.39, 0.29) is 18.4 Å². The number of rotatable bonds is 7. The van der Waals surface area contributed by atoms with Crippen molar-refractivity contribution in [3.8, 4) is 6.07 Å². The molecule has 6 nitrogen and oxygen atoms in total. The number of nitriles is 1. The summed E-state index contributed by atoms with van der Waals surface area (Å²) in [6.45, 7) is 4.04. The zero-order chi connectivity index (χ0) is 20.7. The Bertz CT molecular complexity index is 891. The highest BCUT2D eigenvalue weighted by Gasteiger charge is 2.23. The van der Waals surface area contributed by atoms with Crippen molar-refractivity contribution in [3.05, 3.63) is 58.1 Å². The zero-order valence-corrected chi connectivity index (χ0v) is 17.0. The molecule has 1 unspecified atom stereocenters. The monoisotopic (exact) mass is 418 g/mol. The zero-order valence-electron chi connectivity index (χ0n) is 15.5. The number of hydrogen-bond donors (Lipinski definition) is 2. The van der Waals surface area contributed by atoms with Crippen molar-refractivity contribution in [2.45, 2.75) is 19.9 Å². The van der Waals surface area contributed by atoms with E-state index >= 15 is 0 Å². The van der Waals surface area contributed by atoms with Gasteiger partial charge in [0.15, 0.2) is 0 Å². The van der Waals surface area contributed by atoms with Gasteiger partial charge in [-0.15, -0.1) is 0 Å². The molecular formula is C20H20Cl2N4O2. The van der Waals surface area contributed by atoms with Crippen LogP contribution in [0.3, 0.4) is 0 Å². The van der Waals surface area contributed by atoms with Gasteiger partial charge in [0.1, 0.15) is 0 Å². The molecule has 2 amide bonds. The minimum atomic E-state index is -0.566. The first kappa shape index (κ1) is 21.7. The fourth-order valence-electron chi connectivity index (χ4n) is 2.58. The van der Waals surface area contributed by atoms with Crippen LogP contribution in [0.15, 0.2) is 42.5 Å². The number of hydrogen-bond acceptors (Lipinski definition) is 4. The second-order valence-corrected chi connectivity index (χ2v) is 6.88. The summed E-state index contributed by atoms with van der Waals surface area (Å²) in [5, 5.41) is 15.1. The molecule has 0 bridgehead atoms. The van der Waals surface area contributed by atoms with Gasteiger partial charge in [-0.2, -0.15) is 5.26 Å². The van der Waals surface area contributed by atoms with Gasteiger partial charge in [-0.25, -0.2) is 0 Å². The van der Waals surface area contributed by atoms with Crippen molar-refractivity contribution in [3.63, 3.8) is 0 Å². The van der Waals surface area contributed by atoms with Crippen LogP contribution in [0.2, 0.25) is 10.0 Å². The minimum Gasteiger partial charge on any atom is -0.325 e. The summed E-state index contributed by atoms with van der Waals surface area (Å²) in [6.07, 6.45) is 0. The number of nitrogens with zero attached hydrogens (tertiary/aromatic N) is 2. The molecule has 0 aliphatic carbocycles. The summed E-state index contributed by atoms with van der Waals surface area (Å²) < 4.78 is 0. The van der Waals surface area contributed by atoms with Crippen LogP contribution in [0.4, 0.5) is 11.4 Å². The molecule has 8 heteroatoms. The van der Waals surface area contributed by atoms with E-state index in [0.29, 0.717) is 33.5 Å². The predicted molar refractivity (Wildman–Crippen MR) is 112 cm³/mol. The van der Waals surface area contributed by atoms with Gasteiger partial charge in [0.05, 0.1) is 40.0 Å². The molecule has 0 spiro atoms. The third kappa shape index (κ3) is 5.70. The largest absolute Gasteiger partial charge is 0.325 e. The lowest BCUT2D eigenvalue weighted by atomic mass is 10.2. The fraction of sp³-hybridized carbons (Fsp3) is 0.250. The second kappa shape index (κ2) is 10.1. The molecule has 0 aliphatic heterocycles. The number of para-hydroxylation sites is 1. The number of amides is 2. The molecule has 2 aromatic rings. The SMILES string of the molecule is CCN(CC(=O)Nc1c(Cl)cccc1Cl)C(C)C(=O)Nc1cccc(C#N)c1. The molecule has 146 valence electrons. The molecule has 28 heavy (non-hydrogen) atoms. The Morgan fingerprint density at radius 1 is 1.14 bits per heavy atom. The van der Waals surface area contributed by atoms with E-state index in [9.17, 15) is 9.59 Å². The Labute approximate surface area is 174 Å². The number of anilines is 2. The summed E-state index contributed by atoms with van der Waals surface area (Å²) in [5.41, 5.74) is 1.32. The molecule has 0 heterocycles. The average Bonchev–Trinajstić information content (AvgIpc) is 2.68. The van der Waals surface area contributed by atoms with Crippen LogP contribution >= 0.6 is 23.2 Å². The summed E-state index contributed by atoms with van der Waals surface area (Å²) in [7, 11) is 0. The fourth-order valence-corrected chi connectivity index (χ4v) is 3.07. The first-order valence-electron chi connectivity index (χ1n) is 8.64. The van der Waals surface area contributed by atoms with Crippen molar-refractivity contribution in [2.24, 2.45) is 0 Å². The van der Waals surface area contributed by atoms with Crippen molar-refractivity contribution < 1.29 is 9.59 Å². The number of nitrogens with one attached hydrogen (secondary N) is 2. The smallest absolute Gasteiger partial charge is 0.241 e. The summed E-state index contributed by atoms with van der Waals surface area (Å²) in [6, 6.07) is 13.0. The number of halogens is 2. The topological polar surface area (TPSA) is 85.2 Å². The molecule has 2 rings (SSSR count). The Kier molecular flexibility index (Phi) is 7.82. The maximum absolute atomic E-state index is 12.6. The molecule has 0 aliphatic rings. The lowest BCUT2D eigenvalue weighted by Crippen LogP contribution is -2.45. The van der Waals surface area contributed by atoms with Crippen molar-refractivity contribution in [2.75, 3.05) is 23.7 Å². The lowest BCUT2D eigenvalue weighted by molar-refractivity contribution is -0.123. The van der Waals surface area contributed by atoms with Crippen molar-refractivity contribution in [1.82, 2.24) is 4.90 Å². The van der Waals surface area contributed by atoms with Crippen LogP contribution in [-0.4, -0.2) is 35.8 Å². The van der Waals surface area contributed by atoms with Gasteiger partial charge in [0, 0.05) is 5.69 Å². The van der Waals surface area contributed by atoms with Crippen molar-refractivity contribution in [1.29, 1.82) is 5.26 Å². The summed E-state index contributed by atoms with van der Waals surface area (Å²) in [5.74, 6) is -0.608. The molecule has 2 aromatic carbocycles. The maximum Gasteiger partial charge on any atom is 0.241 e. The maximum atomic E-state index is 12.6. The Hall–Kier alpha value is -2.59. The summed E-state index contributed by atoms with van der Waals surface area (Å²) >= 11 is 12.1. The third-order valence-corrected chi connectivity index (χ3v) is 4.80. The van der Waals surface area contributed by atoms with Crippen LogP contribution in [0.5, 0.6) is 0 Å². The van der Waals surface area contributed by atoms with Gasteiger partial charge in [0.2, 0.25) is 11.8 Å². The minimum absolute atomic E-state index is 0.00905. The number of likely N-dealkylation sites (N-methyl/N-ethyl adjacent to an activating group) is 1. The van der Waals surface area contributed by atoms with E-state index in [2.05, 4.69) is 10.6 Å². The standard InChI is InChI=1S/C20H20Cl2N4O2/c1-3-26(12-18(27)25-19-16(21)8-5-9-17(19)22)13(2)20(28)24-15-7-4-6-14(10-15)11-23/h4-10,13H,3,12H2,1-2H3,(H,24,28)(H,25,27). The Morgan fingerprint density at radius 3 is 2.39 bits per heavy atom. The molecule has 0 aromatic heterocycles. The van der Waals surface area contributed by atoms with Gasteiger partial charge in [-0.3, -0.25) is 14.5 Å². The van der Waals surface area contributed by atoms with Gasteiger partial charge >= 0.3 is 0 Å². The number of benzene rings is 2. The average molecular weight is 419 g/mol. The van der Waals surface area contributed by atoms with Crippen LogP contribution in [0, 0.1) is 11.3 Å². The second-order valence-electron chi connectivity index (χ2n) is 6.07. The van der Waals surface area contributed by atoms with E-state index in [1.54, 1.807) is 54.3 Å². The first-order chi connectivity index (χ1) is 13.3. The molecule has 1 atom stereocenters. The summed E-state index contributed by atoms with van der Waals surface area (Å²) in [4.78, 5) is 26.7. The normalized spacial score (nSPS) is 11.6. The molecule has 0 saturated heterocycles. The highest BCUT2D eigenvalue weighted by molar-refractivity contribution is 6.39. The van der Waals surface area contributed by atoms with E-state index in [0.717, 1.165) is 0 Å². The molecule has 0 saturated carbocycles. The van der Waals surface area contributed by atoms with E-state index in [1.807, 2.05) is 13.0 Å². The van der Waals surface area contributed by atoms with Crippen LogP contribution < -0.4 is 10.6 Å². The Balaban J connectivity index is 2.02. The first-order valence-corrected chi connectivity index (χ1v) is 9.40. The quantitative estimate of drug-likeness (QED) is 0.706. The van der Waals surface area contributed by atoms with Crippen molar-refractivity contribution >= 4 is 46.4 Å². The highest BCUT2D eigenvalue weighted by Crippen LogP contribution is 2.29.